The number of aromatic amines is 1. The highest BCUT2D eigenvalue weighted by atomic mass is 79.9. The predicted octanol–water partition coefficient (Wildman–Crippen LogP) is 1.93. The van der Waals surface area contributed by atoms with Crippen molar-refractivity contribution < 1.29 is 43.1 Å². The molecule has 0 fully saturated rings. The van der Waals surface area contributed by atoms with E-state index in [1.54, 1.807) is 0 Å². The molecule has 4 aromatic rings. The van der Waals surface area contributed by atoms with Crippen molar-refractivity contribution >= 4 is 0 Å². The molecule has 0 radical (unpaired) electrons. The zero-order chi connectivity index (χ0) is 27.6. The zero-order valence-electron chi connectivity index (χ0n) is 25.7. The third-order valence-electron chi connectivity index (χ3n) is 8.01. The Morgan fingerprint density at radius 1 is 0.725 bits per heavy atom. The maximum absolute atomic E-state index is 3.36. The van der Waals surface area contributed by atoms with Crippen LogP contribution in [0.2, 0.25) is 0 Å². The Bertz CT molecular complexity index is 1300. The van der Waals surface area contributed by atoms with Crippen molar-refractivity contribution in [2.75, 3.05) is 0 Å². The Labute approximate surface area is 263 Å². The maximum Gasteiger partial charge on any atom is 0.279 e. The Morgan fingerprint density at radius 3 is 1.65 bits per heavy atom. The van der Waals surface area contributed by atoms with Crippen molar-refractivity contribution in [1.29, 1.82) is 0 Å². The van der Waals surface area contributed by atoms with E-state index in [2.05, 4.69) is 149 Å². The molecular formula is C34H48Br2N4. The Kier molecular flexibility index (Phi) is 12.0. The first kappa shape index (κ1) is 34.0. The van der Waals surface area contributed by atoms with E-state index < -0.39 is 5.66 Å². The Hall–Kier alpha value is -2.18. The van der Waals surface area contributed by atoms with Gasteiger partial charge in [0.15, 0.2) is 0 Å². The molecule has 1 N–H and O–H groups in total. The lowest BCUT2D eigenvalue weighted by Gasteiger charge is -2.33. The summed E-state index contributed by atoms with van der Waals surface area (Å²) in [7, 11) is 0. The fraction of sp³-hybridized carbons (Fsp3) is 0.471. The monoisotopic (exact) mass is 670 g/mol. The standard InChI is InChI=1S/C34H47N4.2BrH/c1-10-17-34(37-19-18-35-22-37,32-28(24(2)3)13-11-14-29(32)25(4)5)38-21-20-36(23-38)33-30(26(6)7)15-12-16-31(33)27(8)9;;/h11-16,18-27H,10,17H2,1-9H3;2*1H/q+1;;/p-1. The number of hydrogen-bond donors (Lipinski definition) is 1. The molecule has 4 nitrogen and oxygen atoms in total. The lowest BCUT2D eigenvalue weighted by molar-refractivity contribution is -0.983. The van der Waals surface area contributed by atoms with E-state index in [1.807, 2.05) is 6.20 Å². The summed E-state index contributed by atoms with van der Waals surface area (Å²) in [5.74, 6) is 1.70. The molecule has 6 heteroatoms. The van der Waals surface area contributed by atoms with Crippen LogP contribution in [0.3, 0.4) is 0 Å². The highest BCUT2D eigenvalue weighted by Crippen LogP contribution is 2.37. The van der Waals surface area contributed by atoms with Crippen LogP contribution in [0.5, 0.6) is 0 Å². The number of nitrogens with one attached hydrogen (secondary N) is 1. The quantitative estimate of drug-likeness (QED) is 0.250. The van der Waals surface area contributed by atoms with Gasteiger partial charge in [-0.1, -0.05) is 98.7 Å². The van der Waals surface area contributed by atoms with Crippen LogP contribution in [-0.2, 0) is 5.66 Å². The van der Waals surface area contributed by atoms with Crippen molar-refractivity contribution in [3.63, 3.8) is 0 Å². The van der Waals surface area contributed by atoms with Gasteiger partial charge in [-0.05, 0) is 41.2 Å². The van der Waals surface area contributed by atoms with Crippen molar-refractivity contribution in [2.45, 2.75) is 104 Å². The second-order valence-electron chi connectivity index (χ2n) is 12.0. The van der Waals surface area contributed by atoms with Crippen molar-refractivity contribution in [3.8, 4) is 5.69 Å². The van der Waals surface area contributed by atoms with E-state index in [0.29, 0.717) is 23.7 Å². The van der Waals surface area contributed by atoms with Crippen molar-refractivity contribution in [3.05, 3.63) is 102 Å². The molecule has 0 saturated heterocycles. The number of para-hydroxylation sites is 1. The number of rotatable bonds is 10. The number of imidazole rings is 2. The molecule has 218 valence electrons. The summed E-state index contributed by atoms with van der Waals surface area (Å²) in [6.07, 6.45) is 15.3. The fourth-order valence-corrected chi connectivity index (χ4v) is 6.17. The smallest absolute Gasteiger partial charge is 0.279 e. The summed E-state index contributed by atoms with van der Waals surface area (Å²) in [6.45, 7) is 20.8. The third-order valence-corrected chi connectivity index (χ3v) is 8.01. The summed E-state index contributed by atoms with van der Waals surface area (Å²) in [5, 5.41) is 0. The molecule has 0 aliphatic heterocycles. The topological polar surface area (TPSA) is 28.5 Å². The van der Waals surface area contributed by atoms with E-state index in [-0.39, 0.29) is 34.0 Å². The largest absolute Gasteiger partial charge is 1.00 e. The highest BCUT2D eigenvalue weighted by Gasteiger charge is 2.48. The van der Waals surface area contributed by atoms with Crippen LogP contribution in [0.1, 0.15) is 127 Å². The SMILES string of the molecule is CCCC(c1c(C(C)C)cccc1C(C)C)([n+]1cc[nH]c1)[n+]1ccn(-c2c(C(C)C)cccc2C(C)C)c1.[Br-].[Br-]. The third kappa shape index (κ3) is 6.18. The summed E-state index contributed by atoms with van der Waals surface area (Å²) in [5.41, 5.74) is 7.97. The molecule has 0 bridgehead atoms. The fourth-order valence-electron chi connectivity index (χ4n) is 6.17. The van der Waals surface area contributed by atoms with Gasteiger partial charge in [0.1, 0.15) is 30.5 Å². The molecule has 0 aliphatic rings. The molecule has 0 spiro atoms. The number of aromatic nitrogens is 4. The first-order valence-electron chi connectivity index (χ1n) is 14.5. The van der Waals surface area contributed by atoms with Crippen LogP contribution >= 0.6 is 0 Å². The minimum Gasteiger partial charge on any atom is -1.00 e. The molecule has 2 aromatic carbocycles. The van der Waals surface area contributed by atoms with Crippen LogP contribution in [0, 0.1) is 0 Å². The van der Waals surface area contributed by atoms with E-state index in [4.69, 9.17) is 0 Å². The summed E-state index contributed by atoms with van der Waals surface area (Å²) in [6, 6.07) is 13.7. The van der Waals surface area contributed by atoms with Crippen molar-refractivity contribution in [2.24, 2.45) is 0 Å². The van der Waals surface area contributed by atoms with Gasteiger partial charge in [-0.3, -0.25) is 4.98 Å². The second-order valence-corrected chi connectivity index (χ2v) is 12.0. The first-order valence-corrected chi connectivity index (χ1v) is 14.5. The first-order chi connectivity index (χ1) is 18.1. The van der Waals surface area contributed by atoms with E-state index in [0.717, 1.165) is 12.8 Å². The van der Waals surface area contributed by atoms with Gasteiger partial charge < -0.3 is 34.0 Å². The maximum atomic E-state index is 3.36. The molecular weight excluding hydrogens is 624 g/mol. The highest BCUT2D eigenvalue weighted by molar-refractivity contribution is 5.51. The van der Waals surface area contributed by atoms with Gasteiger partial charge in [0, 0.05) is 17.5 Å². The zero-order valence-corrected chi connectivity index (χ0v) is 28.9. The molecule has 4 rings (SSSR count). The van der Waals surface area contributed by atoms with Crippen LogP contribution in [-0.4, -0.2) is 9.55 Å². The number of H-pyrrole nitrogens is 1. The molecule has 0 aliphatic carbocycles. The van der Waals surface area contributed by atoms with Crippen molar-refractivity contribution in [1.82, 2.24) is 9.55 Å². The molecule has 2 aromatic heterocycles. The minimum atomic E-state index is -0.398. The summed E-state index contributed by atoms with van der Waals surface area (Å²) in [4.78, 5) is 3.36. The molecule has 0 amide bonds. The van der Waals surface area contributed by atoms with Gasteiger partial charge in [0.25, 0.3) is 12.0 Å². The van der Waals surface area contributed by atoms with Crippen LogP contribution in [0.15, 0.2) is 73.8 Å². The lowest BCUT2D eigenvalue weighted by atomic mass is 9.79. The molecule has 1 atom stereocenters. The lowest BCUT2D eigenvalue weighted by Crippen LogP contribution is -3.00. The summed E-state index contributed by atoms with van der Waals surface area (Å²) >= 11 is 0. The normalized spacial score (nSPS) is 13.0. The predicted molar refractivity (Wildman–Crippen MR) is 157 cm³/mol. The van der Waals surface area contributed by atoms with Gasteiger partial charge in [0.2, 0.25) is 6.33 Å². The molecule has 2 heterocycles. The number of hydrogen-bond acceptors (Lipinski definition) is 0. The van der Waals surface area contributed by atoms with Crippen LogP contribution in [0.25, 0.3) is 5.69 Å². The Morgan fingerprint density at radius 2 is 1.23 bits per heavy atom. The average Bonchev–Trinajstić information content (AvgIpc) is 3.59. The number of benzene rings is 2. The minimum absolute atomic E-state index is 0. The van der Waals surface area contributed by atoms with E-state index >= 15 is 0 Å². The number of halogens is 2. The van der Waals surface area contributed by atoms with Gasteiger partial charge in [-0.25, -0.2) is 4.57 Å². The van der Waals surface area contributed by atoms with Gasteiger partial charge in [0.05, 0.1) is 5.56 Å². The molecule has 1 unspecified atom stereocenters. The van der Waals surface area contributed by atoms with Gasteiger partial charge in [-0.15, -0.1) is 0 Å². The van der Waals surface area contributed by atoms with E-state index in [1.165, 1.54) is 33.5 Å². The average molecular weight is 673 g/mol. The molecule has 0 saturated carbocycles. The number of nitrogens with zero attached hydrogens (tertiary/aromatic N) is 3. The van der Waals surface area contributed by atoms with E-state index in [9.17, 15) is 0 Å². The van der Waals surface area contributed by atoms with Crippen LogP contribution < -0.4 is 43.1 Å². The van der Waals surface area contributed by atoms with Gasteiger partial charge >= 0.3 is 0 Å². The van der Waals surface area contributed by atoms with Gasteiger partial charge in [-0.2, -0.15) is 9.13 Å². The summed E-state index contributed by atoms with van der Waals surface area (Å²) < 4.78 is 7.24. The van der Waals surface area contributed by atoms with Crippen LogP contribution in [0.4, 0.5) is 0 Å². The molecule has 40 heavy (non-hydrogen) atoms. The Balaban J connectivity index is 0.00000280. The second kappa shape index (κ2) is 14.1.